The van der Waals surface area contributed by atoms with Gasteiger partial charge in [-0.15, -0.1) is 0 Å². The van der Waals surface area contributed by atoms with Gasteiger partial charge >= 0.3 is 0 Å². The SMILES string of the molecule is CC(C)/C(=C1/SC(=O)NC1=O)c1ccc(-c2ccc3cccc(F)c3c2)[nH]c1=O. The number of fused-ring (bicyclic) bond motifs is 1. The number of amides is 2. The maximum absolute atomic E-state index is 14.1. The molecule has 2 heterocycles. The van der Waals surface area contributed by atoms with Crippen LogP contribution in [0.4, 0.5) is 9.18 Å². The van der Waals surface area contributed by atoms with Crippen molar-refractivity contribution >= 4 is 39.3 Å². The minimum Gasteiger partial charge on any atom is -0.321 e. The highest BCUT2D eigenvalue weighted by Crippen LogP contribution is 2.35. The number of pyridine rings is 1. The van der Waals surface area contributed by atoms with Crippen LogP contribution in [0.2, 0.25) is 0 Å². The van der Waals surface area contributed by atoms with Gasteiger partial charge in [0.25, 0.3) is 16.7 Å². The lowest BCUT2D eigenvalue weighted by Gasteiger charge is -2.14. The summed E-state index contributed by atoms with van der Waals surface area (Å²) in [4.78, 5) is 39.6. The maximum Gasteiger partial charge on any atom is 0.290 e. The van der Waals surface area contributed by atoms with Gasteiger partial charge in [-0.3, -0.25) is 19.7 Å². The summed E-state index contributed by atoms with van der Waals surface area (Å²) in [6.45, 7) is 3.72. The van der Waals surface area contributed by atoms with Crippen LogP contribution in [-0.4, -0.2) is 16.1 Å². The molecule has 1 aliphatic rings. The smallest absolute Gasteiger partial charge is 0.290 e. The van der Waals surface area contributed by atoms with Crippen molar-refractivity contribution in [2.75, 3.05) is 0 Å². The standard InChI is InChI=1S/C22H17FN2O3S/c1-11(2)18(19-21(27)25-22(28)29-19)14-8-9-17(24-20(14)26)13-7-6-12-4-3-5-16(23)15(12)10-13/h3-11H,1-2H3,(H,24,26)(H,25,27,28)/b19-18-. The molecule has 2 amide bonds. The van der Waals surface area contributed by atoms with Gasteiger partial charge in [-0.2, -0.15) is 0 Å². The molecular weight excluding hydrogens is 391 g/mol. The van der Waals surface area contributed by atoms with Crippen molar-refractivity contribution in [3.8, 4) is 11.3 Å². The molecule has 0 unspecified atom stereocenters. The molecule has 4 rings (SSSR count). The quantitative estimate of drug-likeness (QED) is 0.617. The van der Waals surface area contributed by atoms with Crippen LogP contribution in [0.25, 0.3) is 27.6 Å². The predicted octanol–water partition coefficient (Wildman–Crippen LogP) is 4.68. The van der Waals surface area contributed by atoms with E-state index < -0.39 is 11.1 Å². The van der Waals surface area contributed by atoms with Crippen molar-refractivity contribution in [1.82, 2.24) is 10.3 Å². The first kappa shape index (κ1) is 19.1. The topological polar surface area (TPSA) is 79.0 Å². The second-order valence-electron chi connectivity index (χ2n) is 7.03. The molecule has 1 aliphatic heterocycles. The third-order valence-electron chi connectivity index (χ3n) is 4.78. The molecule has 5 nitrogen and oxygen atoms in total. The molecule has 1 fully saturated rings. The van der Waals surface area contributed by atoms with Gasteiger partial charge in [-0.05, 0) is 58.5 Å². The fourth-order valence-corrected chi connectivity index (χ4v) is 4.37. The Morgan fingerprint density at radius 1 is 1.03 bits per heavy atom. The Labute approximate surface area is 170 Å². The van der Waals surface area contributed by atoms with Gasteiger partial charge in [0.05, 0.1) is 4.91 Å². The van der Waals surface area contributed by atoms with Crippen molar-refractivity contribution in [2.45, 2.75) is 13.8 Å². The number of imide groups is 1. The Balaban J connectivity index is 1.82. The van der Waals surface area contributed by atoms with Crippen LogP contribution >= 0.6 is 11.8 Å². The molecule has 0 spiro atoms. The number of allylic oxidation sites excluding steroid dienone is 1. The van der Waals surface area contributed by atoms with Crippen LogP contribution < -0.4 is 10.9 Å². The summed E-state index contributed by atoms with van der Waals surface area (Å²) in [5, 5.41) is 3.02. The van der Waals surface area contributed by atoms with Gasteiger partial charge < -0.3 is 4.98 Å². The van der Waals surface area contributed by atoms with Crippen LogP contribution in [0.15, 0.2) is 58.2 Å². The molecule has 0 aliphatic carbocycles. The summed E-state index contributed by atoms with van der Waals surface area (Å²) >= 11 is 0.803. The number of benzene rings is 2. The average Bonchev–Trinajstić information content (AvgIpc) is 3.01. The predicted molar refractivity (Wildman–Crippen MR) is 113 cm³/mol. The molecule has 1 saturated heterocycles. The van der Waals surface area contributed by atoms with E-state index in [9.17, 15) is 18.8 Å². The third kappa shape index (κ3) is 3.49. The summed E-state index contributed by atoms with van der Waals surface area (Å²) in [6.07, 6.45) is 0. The van der Waals surface area contributed by atoms with E-state index in [-0.39, 0.29) is 22.2 Å². The fourth-order valence-electron chi connectivity index (χ4n) is 3.44. The van der Waals surface area contributed by atoms with Gasteiger partial charge in [0.1, 0.15) is 5.82 Å². The maximum atomic E-state index is 14.1. The van der Waals surface area contributed by atoms with Crippen LogP contribution in [0.3, 0.4) is 0 Å². The number of thioether (sulfide) groups is 1. The van der Waals surface area contributed by atoms with Gasteiger partial charge in [0.15, 0.2) is 0 Å². The Morgan fingerprint density at radius 3 is 2.48 bits per heavy atom. The monoisotopic (exact) mass is 408 g/mol. The van der Waals surface area contributed by atoms with Gasteiger partial charge in [0.2, 0.25) is 0 Å². The van der Waals surface area contributed by atoms with Crippen LogP contribution in [-0.2, 0) is 4.79 Å². The van der Waals surface area contributed by atoms with E-state index in [0.717, 1.165) is 17.1 Å². The van der Waals surface area contributed by atoms with E-state index in [1.807, 2.05) is 26.0 Å². The molecule has 2 aromatic carbocycles. The van der Waals surface area contributed by atoms with Gasteiger partial charge in [-0.25, -0.2) is 4.39 Å². The van der Waals surface area contributed by atoms with E-state index >= 15 is 0 Å². The lowest BCUT2D eigenvalue weighted by molar-refractivity contribution is -0.115. The van der Waals surface area contributed by atoms with E-state index in [1.54, 1.807) is 30.3 Å². The Bertz CT molecular complexity index is 1260. The molecule has 0 bridgehead atoms. The van der Waals surface area contributed by atoms with E-state index in [2.05, 4.69) is 10.3 Å². The zero-order valence-electron chi connectivity index (χ0n) is 15.7. The molecule has 7 heteroatoms. The van der Waals surface area contributed by atoms with Crippen molar-refractivity contribution in [3.05, 3.63) is 75.2 Å². The van der Waals surface area contributed by atoms with Crippen LogP contribution in [0, 0.1) is 11.7 Å². The van der Waals surface area contributed by atoms with Crippen molar-refractivity contribution < 1.29 is 14.0 Å². The highest BCUT2D eigenvalue weighted by molar-refractivity contribution is 8.18. The zero-order chi connectivity index (χ0) is 20.7. The number of aromatic amines is 1. The Kier molecular flexibility index (Phi) is 4.84. The summed E-state index contributed by atoms with van der Waals surface area (Å²) in [6, 6.07) is 13.5. The minimum absolute atomic E-state index is 0.143. The Morgan fingerprint density at radius 2 is 1.83 bits per heavy atom. The molecular formula is C22H17FN2O3S. The third-order valence-corrected chi connectivity index (χ3v) is 5.68. The highest BCUT2D eigenvalue weighted by Gasteiger charge is 2.31. The summed E-state index contributed by atoms with van der Waals surface area (Å²) in [5.41, 5.74) is 1.70. The van der Waals surface area contributed by atoms with Gasteiger partial charge in [0, 0.05) is 16.6 Å². The first-order valence-corrected chi connectivity index (χ1v) is 9.86. The minimum atomic E-state index is -0.489. The molecule has 146 valence electrons. The highest BCUT2D eigenvalue weighted by atomic mass is 32.2. The second-order valence-corrected chi connectivity index (χ2v) is 8.01. The number of halogens is 1. The molecule has 0 radical (unpaired) electrons. The average molecular weight is 408 g/mol. The van der Waals surface area contributed by atoms with Crippen LogP contribution in [0.5, 0.6) is 0 Å². The van der Waals surface area contributed by atoms with Crippen molar-refractivity contribution in [3.63, 3.8) is 0 Å². The van der Waals surface area contributed by atoms with Crippen molar-refractivity contribution in [2.24, 2.45) is 5.92 Å². The van der Waals surface area contributed by atoms with E-state index in [0.29, 0.717) is 27.8 Å². The number of aromatic nitrogens is 1. The first-order valence-electron chi connectivity index (χ1n) is 9.05. The van der Waals surface area contributed by atoms with E-state index in [4.69, 9.17) is 0 Å². The number of nitrogens with one attached hydrogen (secondary N) is 2. The first-order chi connectivity index (χ1) is 13.8. The number of rotatable bonds is 3. The molecule has 2 N–H and O–H groups in total. The van der Waals surface area contributed by atoms with Crippen LogP contribution in [0.1, 0.15) is 19.4 Å². The number of H-pyrrole nitrogens is 1. The summed E-state index contributed by atoms with van der Waals surface area (Å²) in [5.74, 6) is -0.961. The van der Waals surface area contributed by atoms with Crippen molar-refractivity contribution in [1.29, 1.82) is 0 Å². The van der Waals surface area contributed by atoms with E-state index in [1.165, 1.54) is 6.07 Å². The zero-order valence-corrected chi connectivity index (χ0v) is 16.5. The lowest BCUT2D eigenvalue weighted by Crippen LogP contribution is -2.20. The largest absolute Gasteiger partial charge is 0.321 e. The molecule has 3 aromatic rings. The molecule has 0 saturated carbocycles. The molecule has 1 aromatic heterocycles. The number of carbonyl (C=O) groups excluding carboxylic acids is 2. The number of carbonyl (C=O) groups is 2. The number of hydrogen-bond donors (Lipinski definition) is 2. The fraction of sp³-hybridized carbons (Fsp3) is 0.136. The molecule has 0 atom stereocenters. The lowest BCUT2D eigenvalue weighted by atomic mass is 9.95. The second kappa shape index (κ2) is 7.33. The van der Waals surface area contributed by atoms with Gasteiger partial charge in [-0.1, -0.05) is 38.1 Å². The number of hydrogen-bond acceptors (Lipinski definition) is 4. The molecule has 29 heavy (non-hydrogen) atoms. The Hall–Kier alpha value is -3.19. The summed E-state index contributed by atoms with van der Waals surface area (Å²) < 4.78 is 14.1. The normalized spacial score (nSPS) is 15.9. The summed E-state index contributed by atoms with van der Waals surface area (Å²) in [7, 11) is 0.